The quantitative estimate of drug-likeness (QED) is 0.0507. The van der Waals surface area contributed by atoms with Gasteiger partial charge in [-0.25, -0.2) is 0 Å². The number of likely N-dealkylation sites (N-methyl/N-ethyl adjacent to an activating group) is 1. The van der Waals surface area contributed by atoms with Gasteiger partial charge < -0.3 is 36.5 Å². The van der Waals surface area contributed by atoms with Crippen molar-refractivity contribution in [2.24, 2.45) is 17.6 Å². The van der Waals surface area contributed by atoms with Crippen LogP contribution in [0, 0.1) is 11.8 Å². The van der Waals surface area contributed by atoms with E-state index in [0.717, 1.165) is 25.7 Å². The number of carbonyl (C=O) groups is 5. The zero-order valence-corrected chi connectivity index (χ0v) is 36.3. The molecule has 1 aliphatic rings. The van der Waals surface area contributed by atoms with Crippen molar-refractivity contribution in [3.8, 4) is 22.6 Å². The smallest absolute Gasteiger partial charge is 0.308 e. The molecule has 3 rings (SSSR count). The number of nitrogens with two attached hydrogens (primary N) is 1. The molecular formula is C46H71BN4O8. The number of hydrogen-bond acceptors (Lipinski definition) is 9. The van der Waals surface area contributed by atoms with Gasteiger partial charge in [0.1, 0.15) is 29.4 Å². The van der Waals surface area contributed by atoms with Crippen molar-refractivity contribution in [3.63, 3.8) is 0 Å². The molecule has 1 heterocycles. The second-order valence-electron chi connectivity index (χ2n) is 16.9. The van der Waals surface area contributed by atoms with Gasteiger partial charge in [0, 0.05) is 61.6 Å². The Morgan fingerprint density at radius 3 is 2.08 bits per heavy atom. The SMILES string of the molecule is CCCCCCCCCCCCCC(=O)C[C@@H](CCCCN)C(=O)N(C)[C@@H]1C(=O)C[C@@H](C)C(=O)N[C@H](C(=O)N[C@@H](C)B(C)O)Cc2ccc(O)c(c2)-c2cc1ccc2O. The maximum Gasteiger partial charge on any atom is 0.308 e. The zero-order chi connectivity index (χ0) is 43.5. The summed E-state index contributed by atoms with van der Waals surface area (Å²) in [7, 11) is 1.53. The van der Waals surface area contributed by atoms with E-state index in [9.17, 15) is 39.2 Å². The summed E-state index contributed by atoms with van der Waals surface area (Å²) in [5.41, 5.74) is 7.16. The van der Waals surface area contributed by atoms with Crippen molar-refractivity contribution in [1.29, 1.82) is 0 Å². The molecule has 0 aromatic heterocycles. The van der Waals surface area contributed by atoms with Crippen LogP contribution in [-0.2, 0) is 30.4 Å². The Hall–Kier alpha value is -4.23. The number of hydrogen-bond donors (Lipinski definition) is 6. The van der Waals surface area contributed by atoms with Crippen molar-refractivity contribution in [1.82, 2.24) is 15.5 Å². The molecule has 0 spiro atoms. The summed E-state index contributed by atoms with van der Waals surface area (Å²) in [6.45, 7) is 6.56. The lowest BCUT2D eigenvalue weighted by molar-refractivity contribution is -0.144. The topological polar surface area (TPSA) is 199 Å². The van der Waals surface area contributed by atoms with E-state index in [1.807, 2.05) is 0 Å². The average molecular weight is 819 g/mol. The van der Waals surface area contributed by atoms with Crippen LogP contribution < -0.4 is 16.4 Å². The van der Waals surface area contributed by atoms with Crippen LogP contribution in [-0.4, -0.2) is 81.9 Å². The highest BCUT2D eigenvalue weighted by Crippen LogP contribution is 2.39. The monoisotopic (exact) mass is 819 g/mol. The van der Waals surface area contributed by atoms with Crippen LogP contribution in [0.15, 0.2) is 36.4 Å². The lowest BCUT2D eigenvalue weighted by Gasteiger charge is -2.32. The summed E-state index contributed by atoms with van der Waals surface area (Å²) in [6, 6.07) is 6.86. The summed E-state index contributed by atoms with van der Waals surface area (Å²) >= 11 is 0. The third-order valence-electron chi connectivity index (χ3n) is 11.7. The van der Waals surface area contributed by atoms with Gasteiger partial charge in [0.25, 0.3) is 0 Å². The molecule has 0 radical (unpaired) electrons. The van der Waals surface area contributed by atoms with E-state index < -0.39 is 54.4 Å². The first-order valence-corrected chi connectivity index (χ1v) is 22.1. The molecule has 326 valence electrons. The van der Waals surface area contributed by atoms with Gasteiger partial charge in [-0.3, -0.25) is 24.0 Å². The van der Waals surface area contributed by atoms with Gasteiger partial charge in [0.2, 0.25) is 17.7 Å². The Morgan fingerprint density at radius 2 is 1.47 bits per heavy atom. The fourth-order valence-corrected chi connectivity index (χ4v) is 7.83. The van der Waals surface area contributed by atoms with Crippen LogP contribution in [0.4, 0.5) is 0 Å². The van der Waals surface area contributed by atoms with Crippen molar-refractivity contribution in [2.45, 2.75) is 161 Å². The Balaban J connectivity index is 1.88. The number of ketones is 2. The first kappa shape index (κ1) is 49.1. The highest BCUT2D eigenvalue weighted by molar-refractivity contribution is 6.50. The molecule has 0 unspecified atom stereocenters. The number of carbonyl (C=O) groups excluding carboxylic acids is 5. The van der Waals surface area contributed by atoms with E-state index in [1.54, 1.807) is 38.1 Å². The average Bonchev–Trinajstić information content (AvgIpc) is 3.19. The van der Waals surface area contributed by atoms with E-state index in [2.05, 4.69) is 17.6 Å². The lowest BCUT2D eigenvalue weighted by Crippen LogP contribution is -2.54. The Labute approximate surface area is 352 Å². The van der Waals surface area contributed by atoms with E-state index >= 15 is 0 Å². The third kappa shape index (κ3) is 15.7. The Morgan fingerprint density at radius 1 is 0.881 bits per heavy atom. The molecule has 2 aromatic rings. The van der Waals surface area contributed by atoms with Gasteiger partial charge in [-0.15, -0.1) is 0 Å². The number of Topliss-reactive ketones (excluding diaryl/α,β-unsaturated/α-hetero) is 2. The predicted octanol–water partition coefficient (Wildman–Crippen LogP) is 6.96. The van der Waals surface area contributed by atoms with Crippen LogP contribution in [0.1, 0.15) is 147 Å². The number of phenols is 2. The van der Waals surface area contributed by atoms with Gasteiger partial charge >= 0.3 is 6.92 Å². The third-order valence-corrected chi connectivity index (χ3v) is 11.7. The minimum absolute atomic E-state index is 0.00626. The van der Waals surface area contributed by atoms with Crippen LogP contribution in [0.25, 0.3) is 11.1 Å². The molecular weight excluding hydrogens is 747 g/mol. The summed E-state index contributed by atoms with van der Waals surface area (Å²) in [4.78, 5) is 70.7. The van der Waals surface area contributed by atoms with Crippen LogP contribution >= 0.6 is 0 Å². The molecule has 0 aliphatic carbocycles. The molecule has 0 fully saturated rings. The fourth-order valence-electron chi connectivity index (χ4n) is 7.83. The molecule has 12 nitrogen and oxygen atoms in total. The molecule has 4 bridgehead atoms. The van der Waals surface area contributed by atoms with Crippen molar-refractivity contribution >= 4 is 36.2 Å². The summed E-state index contributed by atoms with van der Waals surface area (Å²) in [5.74, 6) is -4.47. The van der Waals surface area contributed by atoms with Crippen LogP contribution in [0.3, 0.4) is 0 Å². The second kappa shape index (κ2) is 25.4. The number of amides is 3. The highest BCUT2D eigenvalue weighted by Gasteiger charge is 2.36. The molecule has 7 N–H and O–H groups in total. The normalized spacial score (nSPS) is 18.0. The molecule has 1 aliphatic heterocycles. The van der Waals surface area contributed by atoms with Gasteiger partial charge in [0.15, 0.2) is 5.78 Å². The molecule has 3 amide bonds. The van der Waals surface area contributed by atoms with Gasteiger partial charge in [-0.2, -0.15) is 0 Å². The highest BCUT2D eigenvalue weighted by atomic mass is 16.3. The lowest BCUT2D eigenvalue weighted by atomic mass is 9.64. The summed E-state index contributed by atoms with van der Waals surface area (Å²) in [5, 5.41) is 37.7. The molecule has 0 saturated heterocycles. The number of benzene rings is 2. The largest absolute Gasteiger partial charge is 0.507 e. The van der Waals surface area contributed by atoms with E-state index in [-0.39, 0.29) is 53.6 Å². The van der Waals surface area contributed by atoms with E-state index in [4.69, 9.17) is 5.73 Å². The van der Waals surface area contributed by atoms with Crippen molar-refractivity contribution in [3.05, 3.63) is 47.5 Å². The number of aromatic hydroxyl groups is 2. The maximum atomic E-state index is 14.5. The van der Waals surface area contributed by atoms with Crippen LogP contribution in [0.2, 0.25) is 6.82 Å². The van der Waals surface area contributed by atoms with Crippen molar-refractivity contribution in [2.75, 3.05) is 13.6 Å². The first-order chi connectivity index (χ1) is 28.2. The zero-order valence-electron chi connectivity index (χ0n) is 36.3. The number of nitrogens with zero attached hydrogens (tertiary/aromatic N) is 1. The predicted molar refractivity (Wildman–Crippen MR) is 234 cm³/mol. The summed E-state index contributed by atoms with van der Waals surface area (Å²) < 4.78 is 0. The van der Waals surface area contributed by atoms with Crippen LogP contribution in [0.5, 0.6) is 11.5 Å². The summed E-state index contributed by atoms with van der Waals surface area (Å²) in [6.07, 6.45) is 14.8. The molecule has 13 heteroatoms. The molecule has 59 heavy (non-hydrogen) atoms. The van der Waals surface area contributed by atoms with E-state index in [0.29, 0.717) is 43.4 Å². The minimum Gasteiger partial charge on any atom is -0.507 e. The second-order valence-corrected chi connectivity index (χ2v) is 16.9. The van der Waals surface area contributed by atoms with Gasteiger partial charge in [-0.05, 0) is 68.1 Å². The molecule has 0 saturated carbocycles. The Kier molecular flexibility index (Phi) is 21.2. The molecule has 2 aromatic carbocycles. The number of unbranched alkanes of at least 4 members (excludes halogenated alkanes) is 11. The minimum atomic E-state index is -1.20. The maximum absolute atomic E-state index is 14.5. The fraction of sp³-hybridized carbons (Fsp3) is 0.630. The van der Waals surface area contributed by atoms with E-state index in [1.165, 1.54) is 75.8 Å². The Bertz CT molecular complexity index is 1690. The standard InChI is InChI=1S/C46H71BN4O8/c1-6-7-8-9-10-11-12-13-14-15-16-20-36(52)29-35(19-17-18-25-48)46(58)51(5)43-34-22-24-41(54)38(30-34)37-27-33(21-23-40(37)53)28-39(45(57)49-32(3)47(4)59)50-44(56)31(2)26-42(43)55/h21-24,27,30-32,35,39,43,53-54,59H,6-20,25-26,28-29,48H2,1-5H3,(H,49,57)(H,50,56)/t31-,32+,35-,39+,43+/m1/s1. The molecule has 5 atom stereocenters. The first-order valence-electron chi connectivity index (χ1n) is 22.1. The number of fused-ring (bicyclic) bond motifs is 5. The number of phenolic OH excluding ortho intramolecular Hbond substituents is 2. The van der Waals surface area contributed by atoms with Crippen molar-refractivity contribution < 1.29 is 39.2 Å². The number of rotatable bonds is 23. The number of nitrogens with one attached hydrogen (secondary N) is 2. The van der Waals surface area contributed by atoms with Gasteiger partial charge in [0.05, 0.1) is 0 Å². The van der Waals surface area contributed by atoms with Gasteiger partial charge in [-0.1, -0.05) is 103 Å².